The summed E-state index contributed by atoms with van der Waals surface area (Å²) in [6, 6.07) is 27.4. The maximum atomic E-state index is 13.9. The van der Waals surface area contributed by atoms with Crippen LogP contribution in [0.15, 0.2) is 91.0 Å². The number of benzene rings is 3. The van der Waals surface area contributed by atoms with Crippen molar-refractivity contribution in [2.45, 2.75) is 32.7 Å². The standard InChI is InChI=1S/C28H30ClO7P/c29-22-34-27(30)17-16-26(28(31)33-18-23-10-4-1-5-11-23)21-37(32,35-19-24-12-6-2-7-13-24)36-20-25-14-8-3-9-15-25/h1-15,26H,16-22H2/t26-/m1/s1. The van der Waals surface area contributed by atoms with Gasteiger partial charge in [0.15, 0.2) is 6.07 Å². The van der Waals surface area contributed by atoms with Gasteiger partial charge in [-0.05, 0) is 23.1 Å². The van der Waals surface area contributed by atoms with Crippen LogP contribution in [0, 0.1) is 5.92 Å². The van der Waals surface area contributed by atoms with Crippen molar-refractivity contribution in [2.24, 2.45) is 5.92 Å². The molecule has 0 aliphatic rings. The number of ether oxygens (including phenoxy) is 2. The molecule has 3 aromatic rings. The van der Waals surface area contributed by atoms with Crippen molar-refractivity contribution in [3.05, 3.63) is 108 Å². The number of hydrogen-bond acceptors (Lipinski definition) is 7. The number of esters is 2. The minimum Gasteiger partial charge on any atom is -0.461 e. The molecule has 0 unspecified atom stereocenters. The van der Waals surface area contributed by atoms with Crippen LogP contribution in [0.3, 0.4) is 0 Å². The van der Waals surface area contributed by atoms with Crippen LogP contribution in [-0.4, -0.2) is 24.2 Å². The minimum absolute atomic E-state index is 0.0347. The average Bonchev–Trinajstić information content (AvgIpc) is 2.94. The lowest BCUT2D eigenvalue weighted by Crippen LogP contribution is -2.24. The van der Waals surface area contributed by atoms with Gasteiger partial charge in [0.1, 0.15) is 6.61 Å². The van der Waals surface area contributed by atoms with Crippen LogP contribution in [0.5, 0.6) is 0 Å². The predicted molar refractivity (Wildman–Crippen MR) is 141 cm³/mol. The summed E-state index contributed by atoms with van der Waals surface area (Å²) in [5, 5.41) is 0. The number of rotatable bonds is 15. The molecule has 0 fully saturated rings. The fourth-order valence-corrected chi connectivity index (χ4v) is 5.43. The Bertz CT molecular complexity index is 1100. The van der Waals surface area contributed by atoms with Crippen LogP contribution in [-0.2, 0) is 52.5 Å². The smallest absolute Gasteiger partial charge is 0.332 e. The van der Waals surface area contributed by atoms with Gasteiger partial charge in [-0.25, -0.2) is 0 Å². The third-order valence-electron chi connectivity index (χ3n) is 5.46. The van der Waals surface area contributed by atoms with Crippen LogP contribution in [0.2, 0.25) is 0 Å². The maximum Gasteiger partial charge on any atom is 0.332 e. The maximum absolute atomic E-state index is 13.9. The first-order valence-electron chi connectivity index (χ1n) is 11.9. The van der Waals surface area contributed by atoms with Gasteiger partial charge in [-0.2, -0.15) is 0 Å². The van der Waals surface area contributed by atoms with Crippen molar-refractivity contribution in [2.75, 3.05) is 12.2 Å². The Balaban J connectivity index is 1.75. The quantitative estimate of drug-likeness (QED) is 0.123. The van der Waals surface area contributed by atoms with Gasteiger partial charge in [0.25, 0.3) is 0 Å². The highest BCUT2D eigenvalue weighted by Crippen LogP contribution is 2.52. The number of hydrogen-bond donors (Lipinski definition) is 0. The molecular weight excluding hydrogens is 515 g/mol. The number of carbonyl (C=O) groups is 2. The Morgan fingerprint density at radius 2 is 1.16 bits per heavy atom. The zero-order chi connectivity index (χ0) is 26.3. The number of halogens is 1. The largest absolute Gasteiger partial charge is 0.461 e. The van der Waals surface area contributed by atoms with Crippen molar-refractivity contribution < 1.29 is 32.7 Å². The third kappa shape index (κ3) is 10.5. The van der Waals surface area contributed by atoms with Crippen LogP contribution < -0.4 is 0 Å². The lowest BCUT2D eigenvalue weighted by molar-refractivity contribution is -0.150. The molecule has 0 aromatic heterocycles. The SMILES string of the molecule is O=C(CC[C@H](CP(=O)(OCc1ccccc1)OCc1ccccc1)C(=O)OCc1ccccc1)OCCl. The molecule has 0 N–H and O–H groups in total. The van der Waals surface area contributed by atoms with Gasteiger partial charge in [0.05, 0.1) is 25.3 Å². The second kappa shape index (κ2) is 15.3. The molecular formula is C28H30ClO7P. The number of alkyl halides is 1. The molecule has 0 spiro atoms. The van der Waals surface area contributed by atoms with Crippen LogP contribution >= 0.6 is 19.2 Å². The highest BCUT2D eigenvalue weighted by atomic mass is 35.5. The van der Waals surface area contributed by atoms with E-state index in [4.69, 9.17) is 30.1 Å². The van der Waals surface area contributed by atoms with Gasteiger partial charge in [-0.15, -0.1) is 0 Å². The molecule has 0 heterocycles. The molecule has 3 rings (SSSR count). The molecule has 37 heavy (non-hydrogen) atoms. The molecule has 0 aliphatic heterocycles. The summed E-state index contributed by atoms with van der Waals surface area (Å²) < 4.78 is 35.9. The normalized spacial score (nSPS) is 12.0. The van der Waals surface area contributed by atoms with Crippen LogP contribution in [0.1, 0.15) is 29.5 Å². The van der Waals surface area contributed by atoms with Crippen molar-refractivity contribution in [3.63, 3.8) is 0 Å². The average molecular weight is 545 g/mol. The van der Waals surface area contributed by atoms with E-state index in [1.165, 1.54) is 0 Å². The molecule has 3 aromatic carbocycles. The lowest BCUT2D eigenvalue weighted by atomic mass is 10.1. The van der Waals surface area contributed by atoms with Gasteiger partial charge in [0.2, 0.25) is 0 Å². The first-order chi connectivity index (χ1) is 18.0. The summed E-state index contributed by atoms with van der Waals surface area (Å²) in [5.41, 5.74) is 2.42. The lowest BCUT2D eigenvalue weighted by Gasteiger charge is -2.23. The summed E-state index contributed by atoms with van der Waals surface area (Å²) in [6.07, 6.45) is -0.319. The Morgan fingerprint density at radius 1 is 0.703 bits per heavy atom. The van der Waals surface area contributed by atoms with E-state index in [-0.39, 0.29) is 44.9 Å². The molecule has 0 bridgehead atoms. The van der Waals surface area contributed by atoms with Crippen molar-refractivity contribution in [1.82, 2.24) is 0 Å². The Kier molecular flexibility index (Phi) is 11.9. The summed E-state index contributed by atoms with van der Waals surface area (Å²) in [7, 11) is -3.81. The van der Waals surface area contributed by atoms with Crippen molar-refractivity contribution >= 4 is 31.1 Å². The zero-order valence-electron chi connectivity index (χ0n) is 20.4. The van der Waals surface area contributed by atoms with Gasteiger partial charge < -0.3 is 18.5 Å². The second-order valence-corrected chi connectivity index (χ2v) is 10.6. The first kappa shape index (κ1) is 28.6. The molecule has 196 valence electrons. The monoisotopic (exact) mass is 544 g/mol. The molecule has 9 heteroatoms. The van der Waals surface area contributed by atoms with E-state index in [0.717, 1.165) is 16.7 Å². The number of carbonyl (C=O) groups excluding carboxylic acids is 2. The van der Waals surface area contributed by atoms with E-state index in [1.807, 2.05) is 91.0 Å². The molecule has 0 radical (unpaired) electrons. The topological polar surface area (TPSA) is 88.1 Å². The van der Waals surface area contributed by atoms with Gasteiger partial charge >= 0.3 is 19.5 Å². The fraction of sp³-hybridized carbons (Fsp3) is 0.286. The van der Waals surface area contributed by atoms with Gasteiger partial charge in [0, 0.05) is 6.42 Å². The third-order valence-corrected chi connectivity index (χ3v) is 7.50. The molecule has 1 atom stereocenters. The van der Waals surface area contributed by atoms with Gasteiger partial charge in [-0.1, -0.05) is 103 Å². The Labute approximate surface area is 222 Å². The van der Waals surface area contributed by atoms with E-state index in [9.17, 15) is 14.2 Å². The van der Waals surface area contributed by atoms with Gasteiger partial charge in [-0.3, -0.25) is 14.2 Å². The predicted octanol–water partition coefficient (Wildman–Crippen LogP) is 6.49. The van der Waals surface area contributed by atoms with E-state index < -0.39 is 25.5 Å². The summed E-state index contributed by atoms with van der Waals surface area (Å²) in [5.74, 6) is -2.10. The highest BCUT2D eigenvalue weighted by Gasteiger charge is 2.34. The van der Waals surface area contributed by atoms with E-state index in [2.05, 4.69) is 0 Å². The van der Waals surface area contributed by atoms with E-state index in [1.54, 1.807) is 0 Å². The minimum atomic E-state index is -3.81. The zero-order valence-corrected chi connectivity index (χ0v) is 22.0. The van der Waals surface area contributed by atoms with Crippen molar-refractivity contribution in [1.29, 1.82) is 0 Å². The molecule has 0 saturated heterocycles. The summed E-state index contributed by atoms with van der Waals surface area (Å²) in [6.45, 7) is 0.113. The van der Waals surface area contributed by atoms with Crippen LogP contribution in [0.25, 0.3) is 0 Å². The second-order valence-electron chi connectivity index (χ2n) is 8.27. The van der Waals surface area contributed by atoms with Crippen LogP contribution in [0.4, 0.5) is 0 Å². The van der Waals surface area contributed by atoms with E-state index >= 15 is 0 Å². The first-order valence-corrected chi connectivity index (χ1v) is 14.1. The highest BCUT2D eigenvalue weighted by molar-refractivity contribution is 7.53. The summed E-state index contributed by atoms with van der Waals surface area (Å²) in [4.78, 5) is 25.0. The van der Waals surface area contributed by atoms with E-state index in [0.29, 0.717) is 0 Å². The molecule has 0 amide bonds. The fourth-order valence-electron chi connectivity index (χ4n) is 3.46. The molecule has 7 nitrogen and oxygen atoms in total. The summed E-state index contributed by atoms with van der Waals surface area (Å²) >= 11 is 5.48. The van der Waals surface area contributed by atoms with Crippen molar-refractivity contribution in [3.8, 4) is 0 Å². The molecule has 0 aliphatic carbocycles. The Hall–Kier alpha value is -2.96. The Morgan fingerprint density at radius 3 is 1.62 bits per heavy atom. The molecule has 0 saturated carbocycles.